The minimum absolute atomic E-state index is 0.0257. The SMILES string of the molecule is CS(=O)(=O)CCC(=O)N[C@H]1CN(c2cccnn2)C[C@@H]1C1CC1. The number of sulfone groups is 1. The fraction of sp³-hybridized carbons (Fsp3) is 0.667. The maximum atomic E-state index is 12.1. The van der Waals surface area contributed by atoms with Crippen LogP contribution in [0.1, 0.15) is 19.3 Å². The third-order valence-electron chi connectivity index (χ3n) is 4.52. The Kier molecular flexibility index (Phi) is 4.52. The molecule has 1 aromatic rings. The first-order chi connectivity index (χ1) is 10.9. The van der Waals surface area contributed by atoms with Crippen LogP contribution >= 0.6 is 0 Å². The van der Waals surface area contributed by atoms with Crippen LogP contribution in [0.15, 0.2) is 18.3 Å². The summed E-state index contributed by atoms with van der Waals surface area (Å²) >= 11 is 0. The van der Waals surface area contributed by atoms with Crippen molar-refractivity contribution in [1.29, 1.82) is 0 Å². The molecule has 0 unspecified atom stereocenters. The Morgan fingerprint density at radius 3 is 2.78 bits per heavy atom. The topological polar surface area (TPSA) is 92.3 Å². The standard InChI is InChI=1S/C15H22N4O3S/c1-23(21,22)8-6-15(20)17-13-10-19(9-12(13)11-4-5-11)14-3-2-7-16-18-14/h2-3,7,11-13H,4-6,8-10H2,1H3,(H,17,20)/t12-,13+/m1/s1. The highest BCUT2D eigenvalue weighted by molar-refractivity contribution is 7.90. The van der Waals surface area contributed by atoms with Crippen molar-refractivity contribution >= 4 is 21.6 Å². The van der Waals surface area contributed by atoms with E-state index >= 15 is 0 Å². The molecule has 2 heterocycles. The van der Waals surface area contributed by atoms with E-state index in [-0.39, 0.29) is 24.1 Å². The van der Waals surface area contributed by atoms with E-state index in [9.17, 15) is 13.2 Å². The molecule has 0 aromatic carbocycles. The largest absolute Gasteiger partial charge is 0.353 e. The van der Waals surface area contributed by atoms with Crippen LogP contribution in [-0.2, 0) is 14.6 Å². The van der Waals surface area contributed by atoms with Gasteiger partial charge in [-0.25, -0.2) is 8.42 Å². The number of nitrogens with one attached hydrogen (secondary N) is 1. The van der Waals surface area contributed by atoms with Gasteiger partial charge in [-0.1, -0.05) is 0 Å². The maximum Gasteiger partial charge on any atom is 0.221 e. The second-order valence-corrected chi connectivity index (χ2v) is 8.80. The molecule has 1 saturated heterocycles. The number of carbonyl (C=O) groups is 1. The van der Waals surface area contributed by atoms with Gasteiger partial charge in [-0.15, -0.1) is 5.10 Å². The highest BCUT2D eigenvalue weighted by atomic mass is 32.2. The molecule has 23 heavy (non-hydrogen) atoms. The smallest absolute Gasteiger partial charge is 0.221 e. The molecule has 1 aliphatic heterocycles. The lowest BCUT2D eigenvalue weighted by molar-refractivity contribution is -0.121. The van der Waals surface area contributed by atoms with Crippen LogP contribution in [0.25, 0.3) is 0 Å². The molecule has 2 atom stereocenters. The molecule has 1 aliphatic carbocycles. The fourth-order valence-corrected chi connectivity index (χ4v) is 3.75. The van der Waals surface area contributed by atoms with Gasteiger partial charge in [0, 0.05) is 37.9 Å². The Morgan fingerprint density at radius 2 is 2.17 bits per heavy atom. The van der Waals surface area contributed by atoms with Crippen LogP contribution in [-0.4, -0.2) is 55.7 Å². The van der Waals surface area contributed by atoms with Crippen LogP contribution in [0.3, 0.4) is 0 Å². The van der Waals surface area contributed by atoms with E-state index in [1.54, 1.807) is 6.20 Å². The van der Waals surface area contributed by atoms with Crippen LogP contribution < -0.4 is 10.2 Å². The fourth-order valence-electron chi connectivity index (χ4n) is 3.19. The van der Waals surface area contributed by atoms with Crippen LogP contribution in [0.5, 0.6) is 0 Å². The van der Waals surface area contributed by atoms with Crippen LogP contribution in [0, 0.1) is 11.8 Å². The van der Waals surface area contributed by atoms with E-state index in [2.05, 4.69) is 20.4 Å². The second-order valence-electron chi connectivity index (χ2n) is 6.54. The third kappa shape index (κ3) is 4.40. The van der Waals surface area contributed by atoms with E-state index in [0.717, 1.165) is 18.6 Å². The van der Waals surface area contributed by atoms with E-state index in [0.29, 0.717) is 18.4 Å². The first kappa shape index (κ1) is 16.2. The Bertz CT molecular complexity index is 661. The zero-order valence-corrected chi connectivity index (χ0v) is 14.0. The zero-order chi connectivity index (χ0) is 16.4. The normalized spacial score (nSPS) is 24.7. The molecule has 126 valence electrons. The van der Waals surface area contributed by atoms with Crippen molar-refractivity contribution in [2.24, 2.45) is 11.8 Å². The highest BCUT2D eigenvalue weighted by Gasteiger charge is 2.43. The third-order valence-corrected chi connectivity index (χ3v) is 5.47. The number of aromatic nitrogens is 2. The number of rotatable bonds is 6. The summed E-state index contributed by atoms with van der Waals surface area (Å²) in [6.45, 7) is 1.56. The van der Waals surface area contributed by atoms with Crippen molar-refractivity contribution < 1.29 is 13.2 Å². The van der Waals surface area contributed by atoms with E-state index in [1.807, 2.05) is 12.1 Å². The summed E-state index contributed by atoms with van der Waals surface area (Å²) in [6.07, 6.45) is 5.22. The molecule has 8 heteroatoms. The Hall–Kier alpha value is -1.70. The van der Waals surface area contributed by atoms with Gasteiger partial charge < -0.3 is 10.2 Å². The molecule has 1 N–H and O–H groups in total. The van der Waals surface area contributed by atoms with Gasteiger partial charge in [-0.2, -0.15) is 5.10 Å². The highest BCUT2D eigenvalue weighted by Crippen LogP contribution is 2.42. The van der Waals surface area contributed by atoms with Gasteiger partial charge in [0.1, 0.15) is 9.84 Å². The van der Waals surface area contributed by atoms with Crippen molar-refractivity contribution in [2.75, 3.05) is 30.0 Å². The molecule has 0 spiro atoms. The van der Waals surface area contributed by atoms with Crippen molar-refractivity contribution in [3.63, 3.8) is 0 Å². The first-order valence-electron chi connectivity index (χ1n) is 7.92. The molecule has 0 bridgehead atoms. The molecule has 3 rings (SSSR count). The number of carbonyl (C=O) groups excluding carboxylic acids is 1. The number of hydrogen-bond donors (Lipinski definition) is 1. The monoisotopic (exact) mass is 338 g/mol. The summed E-state index contributed by atoms with van der Waals surface area (Å²) in [5, 5.41) is 11.1. The van der Waals surface area contributed by atoms with E-state index in [4.69, 9.17) is 0 Å². The Balaban J connectivity index is 1.62. The quantitative estimate of drug-likeness (QED) is 0.799. The second kappa shape index (κ2) is 6.43. The Morgan fingerprint density at radius 1 is 1.39 bits per heavy atom. The van der Waals surface area contributed by atoms with Crippen LogP contribution in [0.4, 0.5) is 5.82 Å². The molecule has 1 saturated carbocycles. The predicted molar refractivity (Wildman–Crippen MR) is 86.7 cm³/mol. The van der Waals surface area contributed by atoms with E-state index < -0.39 is 9.84 Å². The average molecular weight is 338 g/mol. The zero-order valence-electron chi connectivity index (χ0n) is 13.2. The summed E-state index contributed by atoms with van der Waals surface area (Å²) in [5.41, 5.74) is 0. The van der Waals surface area contributed by atoms with Gasteiger partial charge in [-0.3, -0.25) is 4.79 Å². The first-order valence-corrected chi connectivity index (χ1v) is 9.98. The van der Waals surface area contributed by atoms with Crippen molar-refractivity contribution in [1.82, 2.24) is 15.5 Å². The lowest BCUT2D eigenvalue weighted by Gasteiger charge is -2.19. The average Bonchev–Trinajstić information content (AvgIpc) is 3.27. The van der Waals surface area contributed by atoms with Gasteiger partial charge >= 0.3 is 0 Å². The van der Waals surface area contributed by atoms with Gasteiger partial charge in [0.05, 0.1) is 11.8 Å². The number of anilines is 1. The summed E-state index contributed by atoms with van der Waals surface area (Å²) in [4.78, 5) is 14.2. The Labute approximate surface area is 136 Å². The van der Waals surface area contributed by atoms with Gasteiger partial charge in [0.15, 0.2) is 5.82 Å². The lowest BCUT2D eigenvalue weighted by atomic mass is 9.98. The molecular weight excluding hydrogens is 316 g/mol. The summed E-state index contributed by atoms with van der Waals surface area (Å²) in [7, 11) is -3.11. The minimum atomic E-state index is -3.11. The lowest BCUT2D eigenvalue weighted by Crippen LogP contribution is -2.41. The van der Waals surface area contributed by atoms with Crippen LogP contribution in [0.2, 0.25) is 0 Å². The molecular formula is C15H22N4O3S. The summed E-state index contributed by atoms with van der Waals surface area (Å²) in [5.74, 6) is 1.59. The van der Waals surface area contributed by atoms with Crippen molar-refractivity contribution in [2.45, 2.75) is 25.3 Å². The summed E-state index contributed by atoms with van der Waals surface area (Å²) in [6, 6.07) is 3.83. The molecule has 2 fully saturated rings. The van der Waals surface area contributed by atoms with E-state index in [1.165, 1.54) is 12.8 Å². The molecule has 2 aliphatic rings. The number of hydrogen-bond acceptors (Lipinski definition) is 6. The predicted octanol–water partition coefficient (Wildman–Crippen LogP) is 0.242. The number of amides is 1. The van der Waals surface area contributed by atoms with Crippen molar-refractivity contribution in [3.05, 3.63) is 18.3 Å². The summed E-state index contributed by atoms with van der Waals surface area (Å²) < 4.78 is 22.4. The van der Waals surface area contributed by atoms with Gasteiger partial charge in [0.2, 0.25) is 5.91 Å². The molecule has 1 aromatic heterocycles. The number of nitrogens with zero attached hydrogens (tertiary/aromatic N) is 3. The molecule has 0 radical (unpaired) electrons. The van der Waals surface area contributed by atoms with Crippen molar-refractivity contribution in [3.8, 4) is 0 Å². The van der Waals surface area contributed by atoms with Gasteiger partial charge in [-0.05, 0) is 30.9 Å². The van der Waals surface area contributed by atoms with Gasteiger partial charge in [0.25, 0.3) is 0 Å². The maximum absolute atomic E-state index is 12.1. The molecule has 7 nitrogen and oxygen atoms in total. The molecule has 1 amide bonds. The minimum Gasteiger partial charge on any atom is -0.353 e.